The van der Waals surface area contributed by atoms with Crippen LogP contribution in [0.25, 0.3) is 0 Å². The number of hydrogen-bond donors (Lipinski definition) is 0. The molecule has 0 aromatic carbocycles. The van der Waals surface area contributed by atoms with Crippen LogP contribution in [0.1, 0.15) is 17.4 Å². The summed E-state index contributed by atoms with van der Waals surface area (Å²) in [5, 5.41) is 0. The summed E-state index contributed by atoms with van der Waals surface area (Å²) in [5.74, 6) is -0.535. The van der Waals surface area contributed by atoms with Crippen molar-refractivity contribution < 1.29 is 22.7 Å². The number of ether oxygens (including phenoxy) is 1. The molecule has 1 heterocycles. The molecule has 1 rings (SSSR count). The smallest absolute Gasteiger partial charge is 0.422 e. The fourth-order valence-electron chi connectivity index (χ4n) is 0.847. The number of Topliss-reactive ketones (excluding diaryl/α,β-unsaturated/α-hetero) is 1. The van der Waals surface area contributed by atoms with Crippen molar-refractivity contribution in [2.45, 2.75) is 13.1 Å². The van der Waals surface area contributed by atoms with Crippen molar-refractivity contribution in [1.29, 1.82) is 0 Å². The van der Waals surface area contributed by atoms with E-state index < -0.39 is 12.8 Å². The van der Waals surface area contributed by atoms with Crippen molar-refractivity contribution in [3.05, 3.63) is 23.9 Å². The van der Waals surface area contributed by atoms with Gasteiger partial charge < -0.3 is 4.74 Å². The zero-order valence-corrected chi connectivity index (χ0v) is 7.84. The Balaban J connectivity index is 2.70. The third-order valence-corrected chi connectivity index (χ3v) is 1.47. The van der Waals surface area contributed by atoms with Gasteiger partial charge in [0.25, 0.3) is 0 Å². The average Bonchev–Trinajstić information content (AvgIpc) is 2.14. The highest BCUT2D eigenvalue weighted by atomic mass is 19.4. The summed E-state index contributed by atoms with van der Waals surface area (Å²) in [5.41, 5.74) is 0.0784. The molecule has 0 unspecified atom stereocenters. The highest BCUT2D eigenvalue weighted by Gasteiger charge is 2.28. The van der Waals surface area contributed by atoms with E-state index in [2.05, 4.69) is 9.72 Å². The van der Waals surface area contributed by atoms with Crippen molar-refractivity contribution in [3.63, 3.8) is 0 Å². The van der Waals surface area contributed by atoms with Crippen molar-refractivity contribution in [3.8, 4) is 5.88 Å². The minimum absolute atomic E-state index is 0.0784. The summed E-state index contributed by atoms with van der Waals surface area (Å²) in [7, 11) is 0. The molecular weight excluding hydrogens is 211 g/mol. The van der Waals surface area contributed by atoms with Gasteiger partial charge in [0.05, 0.1) is 0 Å². The van der Waals surface area contributed by atoms with Crippen LogP contribution in [-0.4, -0.2) is 23.6 Å². The molecule has 0 bridgehead atoms. The number of rotatable bonds is 3. The molecule has 3 nitrogen and oxygen atoms in total. The maximum absolute atomic E-state index is 11.8. The maximum Gasteiger partial charge on any atom is 0.422 e. The van der Waals surface area contributed by atoms with E-state index in [-0.39, 0.29) is 17.4 Å². The number of alkyl halides is 3. The van der Waals surface area contributed by atoms with Gasteiger partial charge in [0.15, 0.2) is 12.4 Å². The molecule has 0 saturated carbocycles. The van der Waals surface area contributed by atoms with E-state index in [0.29, 0.717) is 0 Å². The van der Waals surface area contributed by atoms with Gasteiger partial charge in [-0.3, -0.25) is 4.79 Å². The molecule has 0 N–H and O–H groups in total. The van der Waals surface area contributed by atoms with Gasteiger partial charge in [-0.1, -0.05) is 6.07 Å². The molecule has 1 aromatic rings. The van der Waals surface area contributed by atoms with E-state index in [1.54, 1.807) is 0 Å². The summed E-state index contributed by atoms with van der Waals surface area (Å²) >= 11 is 0. The standard InChI is InChI=1S/C9H8F3NO2/c1-6(14)7-3-2-4-8(13-7)15-5-9(10,11)12/h2-4H,5H2,1H3. The lowest BCUT2D eigenvalue weighted by molar-refractivity contribution is -0.154. The number of ketones is 1. The van der Waals surface area contributed by atoms with Crippen LogP contribution < -0.4 is 4.74 Å². The molecule has 0 aliphatic carbocycles. The molecule has 0 spiro atoms. The fraction of sp³-hybridized carbons (Fsp3) is 0.333. The van der Waals surface area contributed by atoms with Gasteiger partial charge in [-0.15, -0.1) is 0 Å². The van der Waals surface area contributed by atoms with Crippen LogP contribution in [0.3, 0.4) is 0 Å². The van der Waals surface area contributed by atoms with Crippen molar-refractivity contribution >= 4 is 5.78 Å². The van der Waals surface area contributed by atoms with E-state index in [4.69, 9.17) is 0 Å². The van der Waals surface area contributed by atoms with E-state index >= 15 is 0 Å². The second kappa shape index (κ2) is 4.29. The normalized spacial score (nSPS) is 11.2. The number of carbonyl (C=O) groups is 1. The number of aromatic nitrogens is 1. The van der Waals surface area contributed by atoms with Crippen LogP contribution in [0.2, 0.25) is 0 Å². The molecule has 15 heavy (non-hydrogen) atoms. The minimum atomic E-state index is -4.41. The molecule has 82 valence electrons. The Labute approximate surface area is 83.9 Å². The van der Waals surface area contributed by atoms with E-state index in [0.717, 1.165) is 0 Å². The van der Waals surface area contributed by atoms with Crippen molar-refractivity contribution in [2.24, 2.45) is 0 Å². The number of hydrogen-bond acceptors (Lipinski definition) is 3. The largest absolute Gasteiger partial charge is 0.468 e. The molecule has 0 aliphatic rings. The van der Waals surface area contributed by atoms with Gasteiger partial charge in [0.1, 0.15) is 5.69 Å². The summed E-state index contributed by atoms with van der Waals surface area (Å²) in [6, 6.07) is 4.08. The van der Waals surface area contributed by atoms with Crippen molar-refractivity contribution in [2.75, 3.05) is 6.61 Å². The van der Waals surface area contributed by atoms with Gasteiger partial charge in [-0.2, -0.15) is 13.2 Å². The second-order valence-electron chi connectivity index (χ2n) is 2.82. The van der Waals surface area contributed by atoms with E-state index in [9.17, 15) is 18.0 Å². The Hall–Kier alpha value is -1.59. The highest BCUT2D eigenvalue weighted by molar-refractivity contribution is 5.92. The molecular formula is C9H8F3NO2. The lowest BCUT2D eigenvalue weighted by Crippen LogP contribution is -2.19. The van der Waals surface area contributed by atoms with Crippen LogP contribution in [-0.2, 0) is 0 Å². The average molecular weight is 219 g/mol. The molecule has 0 radical (unpaired) electrons. The summed E-state index contributed by atoms with van der Waals surface area (Å²) < 4.78 is 39.7. The maximum atomic E-state index is 11.8. The summed E-state index contributed by atoms with van der Waals surface area (Å²) in [6.07, 6.45) is -4.41. The molecule has 1 aromatic heterocycles. The van der Waals surface area contributed by atoms with Crippen LogP contribution in [0.4, 0.5) is 13.2 Å². The molecule has 0 amide bonds. The van der Waals surface area contributed by atoms with Crippen LogP contribution in [0.15, 0.2) is 18.2 Å². The topological polar surface area (TPSA) is 39.2 Å². The van der Waals surface area contributed by atoms with Crippen LogP contribution >= 0.6 is 0 Å². The molecule has 6 heteroatoms. The first-order valence-corrected chi connectivity index (χ1v) is 4.06. The monoisotopic (exact) mass is 219 g/mol. The third kappa shape index (κ3) is 3.97. The first-order chi connectivity index (χ1) is 6.88. The number of halogens is 3. The fourth-order valence-corrected chi connectivity index (χ4v) is 0.847. The summed E-state index contributed by atoms with van der Waals surface area (Å²) in [4.78, 5) is 14.5. The van der Waals surface area contributed by atoms with Gasteiger partial charge in [0.2, 0.25) is 5.88 Å². The minimum Gasteiger partial charge on any atom is -0.468 e. The summed E-state index contributed by atoms with van der Waals surface area (Å²) in [6.45, 7) is -0.142. The third-order valence-electron chi connectivity index (χ3n) is 1.47. The molecule has 0 atom stereocenters. The van der Waals surface area contributed by atoms with Gasteiger partial charge in [-0.25, -0.2) is 4.98 Å². The predicted octanol–water partition coefficient (Wildman–Crippen LogP) is 2.23. The highest BCUT2D eigenvalue weighted by Crippen LogP contribution is 2.17. The number of nitrogens with zero attached hydrogens (tertiary/aromatic N) is 1. The number of pyridine rings is 1. The van der Waals surface area contributed by atoms with Crippen LogP contribution in [0.5, 0.6) is 5.88 Å². The Morgan fingerprint density at radius 1 is 1.47 bits per heavy atom. The second-order valence-corrected chi connectivity index (χ2v) is 2.82. The Morgan fingerprint density at radius 2 is 2.13 bits per heavy atom. The molecule has 0 saturated heterocycles. The molecule has 0 aliphatic heterocycles. The van der Waals surface area contributed by atoms with Gasteiger partial charge >= 0.3 is 6.18 Å². The van der Waals surface area contributed by atoms with E-state index in [1.165, 1.54) is 25.1 Å². The first kappa shape index (κ1) is 11.5. The van der Waals surface area contributed by atoms with Gasteiger partial charge in [0, 0.05) is 13.0 Å². The quantitative estimate of drug-likeness (QED) is 0.731. The van der Waals surface area contributed by atoms with Crippen LogP contribution in [0, 0.1) is 0 Å². The molecule has 0 fully saturated rings. The van der Waals surface area contributed by atoms with E-state index in [1.807, 2.05) is 0 Å². The predicted molar refractivity (Wildman–Crippen MR) is 45.8 cm³/mol. The Morgan fingerprint density at radius 3 is 2.67 bits per heavy atom. The first-order valence-electron chi connectivity index (χ1n) is 4.06. The SMILES string of the molecule is CC(=O)c1cccc(OCC(F)(F)F)n1. The van der Waals surface area contributed by atoms with Gasteiger partial charge in [-0.05, 0) is 6.07 Å². The zero-order valence-electron chi connectivity index (χ0n) is 7.84. The Kier molecular flexibility index (Phi) is 3.28. The zero-order chi connectivity index (χ0) is 11.5. The Bertz CT molecular complexity index is 363. The number of carbonyl (C=O) groups excluding carboxylic acids is 1. The lowest BCUT2D eigenvalue weighted by Gasteiger charge is -2.08. The van der Waals surface area contributed by atoms with Crippen molar-refractivity contribution in [1.82, 2.24) is 4.98 Å². The lowest BCUT2D eigenvalue weighted by atomic mass is 10.3.